The summed E-state index contributed by atoms with van der Waals surface area (Å²) in [5.41, 5.74) is 4.96. The van der Waals surface area contributed by atoms with Crippen molar-refractivity contribution < 1.29 is 9.84 Å². The summed E-state index contributed by atoms with van der Waals surface area (Å²) in [6.45, 7) is 18.7. The van der Waals surface area contributed by atoms with Crippen LogP contribution in [0, 0.1) is 40.0 Å². The lowest BCUT2D eigenvalue weighted by molar-refractivity contribution is -0.0855. The zero-order valence-corrected chi connectivity index (χ0v) is 20.9. The van der Waals surface area contributed by atoms with Gasteiger partial charge in [0.05, 0.1) is 12.4 Å². The highest BCUT2D eigenvalue weighted by molar-refractivity contribution is 6.83. The van der Waals surface area contributed by atoms with Crippen molar-refractivity contribution in [1.29, 1.82) is 0 Å². The number of allylic oxidation sites excluding steroid dienone is 4. The van der Waals surface area contributed by atoms with Crippen LogP contribution in [-0.2, 0) is 4.74 Å². The fourth-order valence-corrected chi connectivity index (χ4v) is 7.63. The van der Waals surface area contributed by atoms with Gasteiger partial charge in [0, 0.05) is 11.8 Å². The molecule has 4 aliphatic carbocycles. The predicted molar refractivity (Wildman–Crippen MR) is 127 cm³/mol. The second-order valence-corrected chi connectivity index (χ2v) is 16.5. The largest absolute Gasteiger partial charge is 0.498 e. The molecule has 0 bridgehead atoms. The van der Waals surface area contributed by atoms with Crippen LogP contribution >= 0.6 is 0 Å². The minimum absolute atomic E-state index is 0.180. The molecule has 4 rings (SSSR count). The van der Waals surface area contributed by atoms with Crippen LogP contribution < -0.4 is 0 Å². The van der Waals surface area contributed by atoms with Crippen molar-refractivity contribution in [2.75, 3.05) is 6.61 Å². The Balaban J connectivity index is 1.68. The van der Waals surface area contributed by atoms with E-state index in [1.165, 1.54) is 18.4 Å². The fraction of sp³-hybridized carbons (Fsp3) is 0.704. The molecule has 0 radical (unpaired) electrons. The van der Waals surface area contributed by atoms with Gasteiger partial charge in [-0.3, -0.25) is 0 Å². The molecule has 4 aliphatic rings. The molecule has 164 valence electrons. The van der Waals surface area contributed by atoms with Crippen LogP contribution in [0.25, 0.3) is 0 Å². The highest BCUT2D eigenvalue weighted by Gasteiger charge is 2.64. The van der Waals surface area contributed by atoms with Gasteiger partial charge in [-0.1, -0.05) is 52.1 Å². The van der Waals surface area contributed by atoms with E-state index in [0.29, 0.717) is 17.8 Å². The molecule has 0 aromatic rings. The average molecular weight is 425 g/mol. The molecule has 0 heterocycles. The molecule has 0 aromatic heterocycles. The van der Waals surface area contributed by atoms with E-state index in [9.17, 15) is 5.11 Å². The Bertz CT molecular complexity index is 866. The van der Waals surface area contributed by atoms with Crippen molar-refractivity contribution in [2.45, 2.75) is 84.5 Å². The molecule has 2 nitrogen and oxygen atoms in total. The Labute approximate surface area is 184 Å². The van der Waals surface area contributed by atoms with E-state index in [1.807, 2.05) is 0 Å². The molecule has 0 spiro atoms. The van der Waals surface area contributed by atoms with E-state index in [0.717, 1.165) is 43.6 Å². The second kappa shape index (κ2) is 7.14. The minimum atomic E-state index is -1.56. The smallest absolute Gasteiger partial charge is 0.151 e. The molecule has 0 aromatic carbocycles. The fourth-order valence-electron chi connectivity index (χ4n) is 7.07. The molecule has 1 N–H and O–H groups in total. The maximum atomic E-state index is 11.9. The summed E-state index contributed by atoms with van der Waals surface area (Å²) in [5.74, 6) is 6.31. The first-order valence-corrected chi connectivity index (χ1v) is 15.4. The molecule has 0 unspecified atom stereocenters. The van der Waals surface area contributed by atoms with Crippen molar-refractivity contribution in [3.63, 3.8) is 0 Å². The third-order valence-corrected chi connectivity index (χ3v) is 9.75. The average Bonchev–Trinajstić information content (AvgIpc) is 2.87. The van der Waals surface area contributed by atoms with Crippen LogP contribution in [0.15, 0.2) is 35.6 Å². The highest BCUT2D eigenvalue weighted by Crippen LogP contribution is 2.67. The third kappa shape index (κ3) is 3.18. The minimum Gasteiger partial charge on any atom is -0.498 e. The molecule has 0 saturated heterocycles. The number of rotatable bonds is 2. The molecular weight excluding hydrogens is 384 g/mol. The van der Waals surface area contributed by atoms with Gasteiger partial charge in [0.25, 0.3) is 0 Å². The molecule has 3 heteroatoms. The Hall–Kier alpha value is -1.24. The van der Waals surface area contributed by atoms with Gasteiger partial charge < -0.3 is 9.84 Å². The Kier molecular flexibility index (Phi) is 5.23. The van der Waals surface area contributed by atoms with Gasteiger partial charge in [0.1, 0.15) is 8.07 Å². The van der Waals surface area contributed by atoms with Crippen LogP contribution in [-0.4, -0.2) is 25.4 Å². The summed E-state index contributed by atoms with van der Waals surface area (Å²) in [4.78, 5) is 0. The molecule has 2 fully saturated rings. The zero-order chi connectivity index (χ0) is 21.9. The van der Waals surface area contributed by atoms with Crippen molar-refractivity contribution in [3.8, 4) is 11.5 Å². The van der Waals surface area contributed by atoms with Crippen LogP contribution in [0.2, 0.25) is 19.6 Å². The molecule has 2 saturated carbocycles. The van der Waals surface area contributed by atoms with E-state index >= 15 is 0 Å². The van der Waals surface area contributed by atoms with Gasteiger partial charge >= 0.3 is 0 Å². The second-order valence-electron chi connectivity index (χ2n) is 11.7. The Morgan fingerprint density at radius 1 is 1.23 bits per heavy atom. The van der Waals surface area contributed by atoms with Crippen LogP contribution in [0.3, 0.4) is 0 Å². The van der Waals surface area contributed by atoms with Gasteiger partial charge in [-0.05, 0) is 79.4 Å². The van der Waals surface area contributed by atoms with Crippen molar-refractivity contribution in [3.05, 3.63) is 35.6 Å². The van der Waals surface area contributed by atoms with Gasteiger partial charge in [0.2, 0.25) is 0 Å². The van der Waals surface area contributed by atoms with Gasteiger partial charge in [0.15, 0.2) is 5.60 Å². The standard InChI is InChI=1S/C27H40O2Si/c1-8-29-21-11-13-25(3)20(18-21)9-10-22-23(25)12-14-26(4)24(22)17-19(2)27(26,28)15-16-30(5,6)7/h9,18,22-24,28H,2,8,10-14,17H2,1,3-7H3/t22-,23+,24+,25+,26+,27+/m1/s1. The molecule has 6 atom stereocenters. The maximum Gasteiger partial charge on any atom is 0.151 e. The molecular formula is C27H40O2Si. The van der Waals surface area contributed by atoms with Gasteiger partial charge in [-0.15, -0.1) is 5.54 Å². The number of hydrogen-bond donors (Lipinski definition) is 1. The topological polar surface area (TPSA) is 29.5 Å². The SMILES string of the molecule is C=C1C[C@H]2[C@@H]3CC=C4C=C(OCC)CC[C@]4(C)[C@H]3CC[C@]2(C)[C@]1(O)C#C[Si](C)(C)C. The predicted octanol–water partition coefficient (Wildman–Crippen LogP) is 6.26. The first kappa shape index (κ1) is 22.0. The van der Waals surface area contributed by atoms with Crippen molar-refractivity contribution in [1.82, 2.24) is 0 Å². The van der Waals surface area contributed by atoms with E-state index < -0.39 is 13.7 Å². The van der Waals surface area contributed by atoms with Gasteiger partial charge in [-0.25, -0.2) is 0 Å². The summed E-state index contributed by atoms with van der Waals surface area (Å²) in [5, 5.41) is 11.9. The van der Waals surface area contributed by atoms with Crippen molar-refractivity contribution >= 4 is 8.07 Å². The summed E-state index contributed by atoms with van der Waals surface area (Å²) in [6, 6.07) is 0. The first-order chi connectivity index (χ1) is 13.9. The molecule has 0 aliphatic heterocycles. The molecule has 30 heavy (non-hydrogen) atoms. The summed E-state index contributed by atoms with van der Waals surface area (Å²) >= 11 is 0. The lowest BCUT2D eigenvalue weighted by Gasteiger charge is -2.57. The number of fused-ring (bicyclic) bond motifs is 5. The lowest BCUT2D eigenvalue weighted by Crippen LogP contribution is -2.54. The van der Waals surface area contributed by atoms with E-state index in [-0.39, 0.29) is 10.8 Å². The summed E-state index contributed by atoms with van der Waals surface area (Å²) in [6.07, 6.45) is 11.3. The summed E-state index contributed by atoms with van der Waals surface area (Å²) in [7, 11) is -1.56. The first-order valence-electron chi connectivity index (χ1n) is 11.9. The number of hydrogen-bond acceptors (Lipinski definition) is 2. The lowest BCUT2D eigenvalue weighted by atomic mass is 9.47. The maximum absolute atomic E-state index is 11.9. The van der Waals surface area contributed by atoms with Crippen LogP contribution in [0.4, 0.5) is 0 Å². The van der Waals surface area contributed by atoms with Crippen molar-refractivity contribution in [2.24, 2.45) is 28.6 Å². The normalized spacial score (nSPS) is 42.8. The Morgan fingerprint density at radius 2 is 1.97 bits per heavy atom. The number of ether oxygens (including phenoxy) is 1. The number of aliphatic hydroxyl groups is 1. The summed E-state index contributed by atoms with van der Waals surface area (Å²) < 4.78 is 5.86. The van der Waals surface area contributed by atoms with Gasteiger partial charge in [-0.2, -0.15) is 0 Å². The Morgan fingerprint density at radius 3 is 2.63 bits per heavy atom. The third-order valence-electron chi connectivity index (χ3n) is 8.87. The van der Waals surface area contributed by atoms with Crippen LogP contribution in [0.5, 0.6) is 0 Å². The zero-order valence-electron chi connectivity index (χ0n) is 19.9. The van der Waals surface area contributed by atoms with E-state index in [2.05, 4.69) is 70.6 Å². The molecule has 0 amide bonds. The quantitative estimate of drug-likeness (QED) is 0.322. The van der Waals surface area contributed by atoms with E-state index in [4.69, 9.17) is 4.74 Å². The highest BCUT2D eigenvalue weighted by atomic mass is 28.3. The monoisotopic (exact) mass is 424 g/mol. The van der Waals surface area contributed by atoms with E-state index in [1.54, 1.807) is 0 Å². The van der Waals surface area contributed by atoms with Crippen LogP contribution in [0.1, 0.15) is 59.3 Å².